The highest BCUT2D eigenvalue weighted by Gasteiger charge is 2.00. The van der Waals surface area contributed by atoms with E-state index in [0.717, 1.165) is 0 Å². The van der Waals surface area contributed by atoms with Gasteiger partial charge < -0.3 is 4.74 Å². The molecular weight excluding hydrogens is 176 g/mol. The lowest BCUT2D eigenvalue weighted by molar-refractivity contribution is -0.118. The van der Waals surface area contributed by atoms with Crippen molar-refractivity contribution in [3.05, 3.63) is 29.3 Å². The standard InChI is InChI=1S/C9H9ClO2/c1-7(11)6-12-9-5-3-2-4-8(9)10/h2-5H,6H2,1H3. The molecule has 0 amide bonds. The summed E-state index contributed by atoms with van der Waals surface area (Å²) in [6.07, 6.45) is 0. The molecule has 1 aromatic carbocycles. The Labute approximate surface area is 76.1 Å². The molecule has 0 bridgehead atoms. The number of carbonyl (C=O) groups excluding carboxylic acids is 1. The van der Waals surface area contributed by atoms with Crippen LogP contribution in [0.25, 0.3) is 0 Å². The van der Waals surface area contributed by atoms with Crippen LogP contribution in [0.15, 0.2) is 24.3 Å². The Kier molecular flexibility index (Phi) is 3.11. The lowest BCUT2D eigenvalue weighted by Gasteiger charge is -2.04. The molecule has 0 aromatic heterocycles. The summed E-state index contributed by atoms with van der Waals surface area (Å²) in [5.41, 5.74) is 0. The van der Waals surface area contributed by atoms with Crippen molar-refractivity contribution < 1.29 is 9.53 Å². The molecule has 0 aliphatic carbocycles. The number of para-hydroxylation sites is 1. The van der Waals surface area contributed by atoms with Crippen LogP contribution in [0, 0.1) is 0 Å². The lowest BCUT2D eigenvalue weighted by atomic mass is 10.3. The Balaban J connectivity index is 2.63. The van der Waals surface area contributed by atoms with Gasteiger partial charge in [-0.1, -0.05) is 23.7 Å². The van der Waals surface area contributed by atoms with E-state index in [2.05, 4.69) is 0 Å². The van der Waals surface area contributed by atoms with Gasteiger partial charge in [-0.15, -0.1) is 0 Å². The first-order chi connectivity index (χ1) is 5.70. The zero-order chi connectivity index (χ0) is 8.97. The first kappa shape index (κ1) is 9.07. The first-order valence-electron chi connectivity index (χ1n) is 3.57. The SMILES string of the molecule is CC(=O)COc1ccccc1Cl. The minimum absolute atomic E-state index is 0.0186. The van der Waals surface area contributed by atoms with Gasteiger partial charge in [0.25, 0.3) is 0 Å². The van der Waals surface area contributed by atoms with Crippen LogP contribution in [0.3, 0.4) is 0 Å². The first-order valence-corrected chi connectivity index (χ1v) is 3.94. The van der Waals surface area contributed by atoms with Crippen molar-refractivity contribution in [3.8, 4) is 5.75 Å². The molecule has 0 spiro atoms. The van der Waals surface area contributed by atoms with Crippen molar-refractivity contribution >= 4 is 17.4 Å². The molecule has 0 unspecified atom stereocenters. The van der Waals surface area contributed by atoms with Crippen molar-refractivity contribution in [3.63, 3.8) is 0 Å². The van der Waals surface area contributed by atoms with Crippen LogP contribution in [0.2, 0.25) is 5.02 Å². The number of carbonyl (C=O) groups is 1. The molecule has 12 heavy (non-hydrogen) atoms. The number of Topliss-reactive ketones (excluding diaryl/α,β-unsaturated/α-hetero) is 1. The smallest absolute Gasteiger partial charge is 0.167 e. The number of ketones is 1. The van der Waals surface area contributed by atoms with Crippen LogP contribution >= 0.6 is 11.6 Å². The molecule has 0 aliphatic heterocycles. The molecule has 0 heterocycles. The van der Waals surface area contributed by atoms with Crippen molar-refractivity contribution in [2.75, 3.05) is 6.61 Å². The Morgan fingerprint density at radius 1 is 1.50 bits per heavy atom. The molecule has 0 saturated heterocycles. The van der Waals surface area contributed by atoms with Gasteiger partial charge in [0, 0.05) is 0 Å². The summed E-state index contributed by atoms with van der Waals surface area (Å²) in [5.74, 6) is 0.532. The van der Waals surface area contributed by atoms with E-state index >= 15 is 0 Å². The lowest BCUT2D eigenvalue weighted by Crippen LogP contribution is -2.06. The van der Waals surface area contributed by atoms with Crippen LogP contribution in [-0.2, 0) is 4.79 Å². The Morgan fingerprint density at radius 2 is 2.17 bits per heavy atom. The number of hydrogen-bond donors (Lipinski definition) is 0. The van der Waals surface area contributed by atoms with Gasteiger partial charge in [-0.2, -0.15) is 0 Å². The summed E-state index contributed by atoms with van der Waals surface area (Å²) in [6, 6.07) is 7.06. The fraction of sp³-hybridized carbons (Fsp3) is 0.222. The number of hydrogen-bond acceptors (Lipinski definition) is 2. The summed E-state index contributed by atoms with van der Waals surface area (Å²) in [7, 11) is 0. The van der Waals surface area contributed by atoms with E-state index in [-0.39, 0.29) is 12.4 Å². The maximum Gasteiger partial charge on any atom is 0.167 e. The molecule has 64 valence electrons. The highest BCUT2D eigenvalue weighted by molar-refractivity contribution is 6.32. The molecule has 1 aromatic rings. The second-order valence-corrected chi connectivity index (χ2v) is 2.83. The van der Waals surface area contributed by atoms with Crippen molar-refractivity contribution in [1.29, 1.82) is 0 Å². The summed E-state index contributed by atoms with van der Waals surface area (Å²) in [6.45, 7) is 1.54. The molecule has 0 atom stereocenters. The second-order valence-electron chi connectivity index (χ2n) is 2.42. The third-order valence-corrected chi connectivity index (χ3v) is 1.58. The highest BCUT2D eigenvalue weighted by Crippen LogP contribution is 2.22. The van der Waals surface area contributed by atoms with Gasteiger partial charge >= 0.3 is 0 Å². The van der Waals surface area contributed by atoms with E-state index in [0.29, 0.717) is 10.8 Å². The molecule has 0 radical (unpaired) electrons. The summed E-state index contributed by atoms with van der Waals surface area (Å²) >= 11 is 5.77. The van der Waals surface area contributed by atoms with Crippen LogP contribution in [-0.4, -0.2) is 12.4 Å². The zero-order valence-corrected chi connectivity index (χ0v) is 7.47. The van der Waals surface area contributed by atoms with E-state index in [9.17, 15) is 4.79 Å². The minimum Gasteiger partial charge on any atom is -0.484 e. The molecule has 0 saturated carbocycles. The van der Waals surface area contributed by atoms with Crippen LogP contribution in [0.1, 0.15) is 6.92 Å². The molecule has 0 fully saturated rings. The van der Waals surface area contributed by atoms with Gasteiger partial charge in [0.2, 0.25) is 0 Å². The highest BCUT2D eigenvalue weighted by atomic mass is 35.5. The van der Waals surface area contributed by atoms with Crippen LogP contribution in [0.5, 0.6) is 5.75 Å². The van der Waals surface area contributed by atoms with Gasteiger partial charge in [-0.3, -0.25) is 4.79 Å². The number of rotatable bonds is 3. The van der Waals surface area contributed by atoms with Gasteiger partial charge in [0.15, 0.2) is 5.78 Å². The molecule has 3 heteroatoms. The third-order valence-electron chi connectivity index (χ3n) is 1.27. The quantitative estimate of drug-likeness (QED) is 0.721. The minimum atomic E-state index is -0.0186. The van der Waals surface area contributed by atoms with E-state index in [1.54, 1.807) is 18.2 Å². The maximum absolute atomic E-state index is 10.6. The van der Waals surface area contributed by atoms with Crippen molar-refractivity contribution in [1.82, 2.24) is 0 Å². The summed E-state index contributed by atoms with van der Waals surface area (Å²) < 4.78 is 5.12. The van der Waals surface area contributed by atoms with E-state index in [4.69, 9.17) is 16.3 Å². The third kappa shape index (κ3) is 2.55. The Hall–Kier alpha value is -1.02. The molecule has 0 N–H and O–H groups in total. The van der Waals surface area contributed by atoms with Crippen molar-refractivity contribution in [2.24, 2.45) is 0 Å². The average molecular weight is 185 g/mol. The predicted molar refractivity (Wildman–Crippen MR) is 47.6 cm³/mol. The summed E-state index contributed by atoms with van der Waals surface area (Å²) in [5, 5.41) is 0.527. The average Bonchev–Trinajstić information content (AvgIpc) is 2.03. The molecule has 2 nitrogen and oxygen atoms in total. The Morgan fingerprint density at radius 3 is 2.75 bits per heavy atom. The van der Waals surface area contributed by atoms with Gasteiger partial charge in [-0.05, 0) is 19.1 Å². The van der Waals surface area contributed by atoms with Crippen molar-refractivity contribution in [2.45, 2.75) is 6.92 Å². The van der Waals surface area contributed by atoms with E-state index in [1.807, 2.05) is 6.07 Å². The van der Waals surface area contributed by atoms with Crippen LogP contribution in [0.4, 0.5) is 0 Å². The monoisotopic (exact) mass is 184 g/mol. The number of halogens is 1. The fourth-order valence-electron chi connectivity index (χ4n) is 0.741. The second kappa shape index (κ2) is 4.12. The van der Waals surface area contributed by atoms with Crippen LogP contribution < -0.4 is 4.74 Å². The maximum atomic E-state index is 10.6. The van der Waals surface area contributed by atoms with Gasteiger partial charge in [0.1, 0.15) is 12.4 Å². The van der Waals surface area contributed by atoms with E-state index in [1.165, 1.54) is 6.92 Å². The fourth-order valence-corrected chi connectivity index (χ4v) is 0.931. The van der Waals surface area contributed by atoms with E-state index < -0.39 is 0 Å². The Bertz CT molecular complexity index is 284. The zero-order valence-electron chi connectivity index (χ0n) is 6.71. The number of benzene rings is 1. The summed E-state index contributed by atoms with van der Waals surface area (Å²) in [4.78, 5) is 10.6. The topological polar surface area (TPSA) is 26.3 Å². The largest absolute Gasteiger partial charge is 0.484 e. The molecule has 1 rings (SSSR count). The molecule has 0 aliphatic rings. The number of ether oxygens (including phenoxy) is 1. The van der Waals surface area contributed by atoms with Gasteiger partial charge in [-0.25, -0.2) is 0 Å². The molecular formula is C9H9ClO2. The van der Waals surface area contributed by atoms with Gasteiger partial charge in [0.05, 0.1) is 5.02 Å². The normalized spacial score (nSPS) is 9.50. The predicted octanol–water partition coefficient (Wildman–Crippen LogP) is 2.31.